The first-order valence-electron chi connectivity index (χ1n) is 5.80. The van der Waals surface area contributed by atoms with E-state index in [1.165, 1.54) is 12.8 Å². The molecule has 0 saturated heterocycles. The highest BCUT2D eigenvalue weighted by Crippen LogP contribution is 2.22. The van der Waals surface area contributed by atoms with Crippen LogP contribution in [-0.2, 0) is 0 Å². The van der Waals surface area contributed by atoms with Gasteiger partial charge in [0.15, 0.2) is 0 Å². The number of aromatic nitrogens is 2. The highest BCUT2D eigenvalue weighted by atomic mass is 16.5. The zero-order chi connectivity index (χ0) is 10.8. The maximum absolute atomic E-state index is 5.76. The molecule has 0 bridgehead atoms. The fourth-order valence-corrected chi connectivity index (χ4v) is 2.17. The molecule has 2 aromatic rings. The van der Waals surface area contributed by atoms with Gasteiger partial charge < -0.3 is 4.74 Å². The van der Waals surface area contributed by atoms with Gasteiger partial charge in [0.2, 0.25) is 0 Å². The van der Waals surface area contributed by atoms with Crippen molar-refractivity contribution < 1.29 is 4.74 Å². The highest BCUT2D eigenvalue weighted by molar-refractivity contribution is 5.77. The van der Waals surface area contributed by atoms with Gasteiger partial charge in [-0.2, -0.15) is 4.98 Å². The van der Waals surface area contributed by atoms with Crippen molar-refractivity contribution in [3.63, 3.8) is 0 Å². The molecule has 1 aromatic carbocycles. The molecule has 16 heavy (non-hydrogen) atoms. The molecule has 1 aliphatic carbocycles. The maximum atomic E-state index is 5.76. The summed E-state index contributed by atoms with van der Waals surface area (Å²) in [6.07, 6.45) is 6.94. The van der Waals surface area contributed by atoms with Gasteiger partial charge in [-0.25, -0.2) is 4.98 Å². The van der Waals surface area contributed by atoms with E-state index in [2.05, 4.69) is 9.97 Å². The second-order valence-electron chi connectivity index (χ2n) is 4.24. The van der Waals surface area contributed by atoms with E-state index in [4.69, 9.17) is 4.74 Å². The fourth-order valence-electron chi connectivity index (χ4n) is 2.17. The Morgan fingerprint density at radius 3 is 2.81 bits per heavy atom. The van der Waals surface area contributed by atoms with E-state index in [0.29, 0.717) is 12.1 Å². The van der Waals surface area contributed by atoms with Crippen molar-refractivity contribution in [2.24, 2.45) is 0 Å². The molecule has 0 unspecified atom stereocenters. The number of nitrogens with zero attached hydrogens (tertiary/aromatic N) is 2. The summed E-state index contributed by atoms with van der Waals surface area (Å²) in [6, 6.07) is 8.48. The summed E-state index contributed by atoms with van der Waals surface area (Å²) in [5, 5.41) is 1.06. The van der Waals surface area contributed by atoms with Gasteiger partial charge in [0.05, 0.1) is 5.52 Å². The van der Waals surface area contributed by atoms with E-state index in [1.807, 2.05) is 30.5 Å². The highest BCUT2D eigenvalue weighted by Gasteiger charge is 2.17. The number of ether oxygens (including phenoxy) is 1. The Hall–Kier alpha value is -1.64. The van der Waals surface area contributed by atoms with Gasteiger partial charge in [-0.1, -0.05) is 18.2 Å². The monoisotopic (exact) mass is 214 g/mol. The van der Waals surface area contributed by atoms with Crippen molar-refractivity contribution in [1.82, 2.24) is 9.97 Å². The number of para-hydroxylation sites is 1. The SMILES string of the molecule is c1ccc2nc(OC3CCCC3)ncc2c1. The van der Waals surface area contributed by atoms with Crippen LogP contribution < -0.4 is 4.74 Å². The van der Waals surface area contributed by atoms with Gasteiger partial charge in [-0.15, -0.1) is 0 Å². The number of hydrogen-bond donors (Lipinski definition) is 0. The second-order valence-corrected chi connectivity index (χ2v) is 4.24. The Kier molecular flexibility index (Phi) is 2.44. The minimum Gasteiger partial charge on any atom is -0.460 e. The minimum atomic E-state index is 0.321. The van der Waals surface area contributed by atoms with Crippen LogP contribution in [0.1, 0.15) is 25.7 Å². The predicted molar refractivity (Wildman–Crippen MR) is 62.4 cm³/mol. The predicted octanol–water partition coefficient (Wildman–Crippen LogP) is 2.95. The first-order chi connectivity index (χ1) is 7.92. The molecule has 0 amide bonds. The normalized spacial score (nSPS) is 16.8. The molecule has 0 aliphatic heterocycles. The van der Waals surface area contributed by atoms with Gasteiger partial charge in [0.25, 0.3) is 0 Å². The Labute approximate surface area is 94.5 Å². The van der Waals surface area contributed by atoms with Crippen LogP contribution >= 0.6 is 0 Å². The molecule has 1 aliphatic rings. The third-order valence-electron chi connectivity index (χ3n) is 3.04. The summed E-state index contributed by atoms with van der Waals surface area (Å²) in [4.78, 5) is 8.64. The lowest BCUT2D eigenvalue weighted by Crippen LogP contribution is -2.12. The zero-order valence-corrected chi connectivity index (χ0v) is 9.10. The largest absolute Gasteiger partial charge is 0.460 e. The van der Waals surface area contributed by atoms with Gasteiger partial charge >= 0.3 is 6.01 Å². The lowest BCUT2D eigenvalue weighted by molar-refractivity contribution is 0.193. The average Bonchev–Trinajstić information content (AvgIpc) is 2.82. The van der Waals surface area contributed by atoms with Crippen LogP contribution in [-0.4, -0.2) is 16.1 Å². The van der Waals surface area contributed by atoms with Crippen molar-refractivity contribution in [3.8, 4) is 6.01 Å². The Bertz CT molecular complexity index is 492. The quantitative estimate of drug-likeness (QED) is 0.771. The van der Waals surface area contributed by atoms with E-state index in [-0.39, 0.29) is 0 Å². The molecule has 1 saturated carbocycles. The van der Waals surface area contributed by atoms with Gasteiger partial charge in [0, 0.05) is 11.6 Å². The molecule has 0 radical (unpaired) electrons. The lowest BCUT2D eigenvalue weighted by atomic mass is 10.2. The first kappa shape index (κ1) is 9.58. The Morgan fingerprint density at radius 1 is 1.12 bits per heavy atom. The molecule has 1 fully saturated rings. The third kappa shape index (κ3) is 1.85. The van der Waals surface area contributed by atoms with E-state index in [1.54, 1.807) is 0 Å². The number of fused-ring (bicyclic) bond motifs is 1. The van der Waals surface area contributed by atoms with E-state index < -0.39 is 0 Å². The summed E-state index contributed by atoms with van der Waals surface area (Å²) in [6.45, 7) is 0. The van der Waals surface area contributed by atoms with Crippen LogP contribution in [0, 0.1) is 0 Å². The summed E-state index contributed by atoms with van der Waals surface area (Å²) < 4.78 is 5.76. The number of rotatable bonds is 2. The van der Waals surface area contributed by atoms with Crippen LogP contribution in [0.2, 0.25) is 0 Å². The molecule has 82 valence electrons. The molecule has 3 rings (SSSR count). The summed E-state index contributed by atoms with van der Waals surface area (Å²) in [5.41, 5.74) is 0.950. The molecule has 1 heterocycles. The fraction of sp³-hybridized carbons (Fsp3) is 0.385. The molecule has 0 N–H and O–H groups in total. The summed E-state index contributed by atoms with van der Waals surface area (Å²) in [5.74, 6) is 0. The van der Waals surface area contributed by atoms with Crippen molar-refractivity contribution in [2.75, 3.05) is 0 Å². The van der Waals surface area contributed by atoms with Crippen LogP contribution in [0.15, 0.2) is 30.5 Å². The topological polar surface area (TPSA) is 35.0 Å². The molecular formula is C13H14N2O. The van der Waals surface area contributed by atoms with E-state index in [9.17, 15) is 0 Å². The number of hydrogen-bond acceptors (Lipinski definition) is 3. The zero-order valence-electron chi connectivity index (χ0n) is 9.10. The molecule has 3 heteroatoms. The van der Waals surface area contributed by atoms with Crippen LogP contribution in [0.5, 0.6) is 6.01 Å². The van der Waals surface area contributed by atoms with E-state index in [0.717, 1.165) is 23.7 Å². The van der Waals surface area contributed by atoms with Crippen molar-refractivity contribution in [2.45, 2.75) is 31.8 Å². The first-order valence-corrected chi connectivity index (χ1v) is 5.80. The molecule has 1 aromatic heterocycles. The van der Waals surface area contributed by atoms with Gasteiger partial charge in [-0.05, 0) is 31.7 Å². The van der Waals surface area contributed by atoms with Crippen molar-refractivity contribution in [1.29, 1.82) is 0 Å². The second kappa shape index (κ2) is 4.08. The van der Waals surface area contributed by atoms with Gasteiger partial charge in [0.1, 0.15) is 6.10 Å². The summed E-state index contributed by atoms with van der Waals surface area (Å²) in [7, 11) is 0. The smallest absolute Gasteiger partial charge is 0.317 e. The van der Waals surface area contributed by atoms with Gasteiger partial charge in [-0.3, -0.25) is 0 Å². The van der Waals surface area contributed by atoms with Crippen LogP contribution in [0.25, 0.3) is 10.9 Å². The van der Waals surface area contributed by atoms with Crippen LogP contribution in [0.4, 0.5) is 0 Å². The summed E-state index contributed by atoms with van der Waals surface area (Å²) >= 11 is 0. The molecule has 3 nitrogen and oxygen atoms in total. The number of benzene rings is 1. The Balaban J connectivity index is 1.86. The average molecular weight is 214 g/mol. The van der Waals surface area contributed by atoms with Crippen molar-refractivity contribution in [3.05, 3.63) is 30.5 Å². The van der Waals surface area contributed by atoms with E-state index >= 15 is 0 Å². The van der Waals surface area contributed by atoms with Crippen molar-refractivity contribution >= 4 is 10.9 Å². The molecule has 0 spiro atoms. The molecular weight excluding hydrogens is 200 g/mol. The molecule has 0 atom stereocenters. The lowest BCUT2D eigenvalue weighted by Gasteiger charge is -2.10. The maximum Gasteiger partial charge on any atom is 0.317 e. The van der Waals surface area contributed by atoms with Crippen LogP contribution in [0.3, 0.4) is 0 Å². The minimum absolute atomic E-state index is 0.321. The Morgan fingerprint density at radius 2 is 1.94 bits per heavy atom. The third-order valence-corrected chi connectivity index (χ3v) is 3.04. The standard InChI is InChI=1S/C13H14N2O/c1-4-8-12-10(5-1)9-14-13(15-12)16-11-6-2-3-7-11/h1,4-5,8-9,11H,2-3,6-7H2.